The summed E-state index contributed by atoms with van der Waals surface area (Å²) >= 11 is 0. The first-order valence-corrected chi connectivity index (χ1v) is 7.18. The molecule has 0 radical (unpaired) electrons. The van der Waals surface area contributed by atoms with Crippen LogP contribution in [0.5, 0.6) is 0 Å². The van der Waals surface area contributed by atoms with Crippen molar-refractivity contribution in [2.24, 2.45) is 5.73 Å². The van der Waals surface area contributed by atoms with Crippen LogP contribution >= 0.6 is 0 Å². The second kappa shape index (κ2) is 6.34. The lowest BCUT2D eigenvalue weighted by Gasteiger charge is -2.14. The molecule has 0 atom stereocenters. The van der Waals surface area contributed by atoms with Gasteiger partial charge in [-0.15, -0.1) is 0 Å². The van der Waals surface area contributed by atoms with Crippen LogP contribution in [-0.2, 0) is 12.7 Å². The van der Waals surface area contributed by atoms with Crippen LogP contribution in [-0.4, -0.2) is 20.9 Å². The van der Waals surface area contributed by atoms with Gasteiger partial charge in [-0.25, -0.2) is 15.0 Å². The first-order chi connectivity index (χ1) is 11.9. The third-order valence-electron chi connectivity index (χ3n) is 3.46. The number of nitrogens with zero attached hydrogens (tertiary/aromatic N) is 3. The molecule has 2 heterocycles. The lowest BCUT2D eigenvalue weighted by molar-refractivity contribution is -0.138. The topological polar surface area (TPSA) is 93.8 Å². The summed E-state index contributed by atoms with van der Waals surface area (Å²) in [4.78, 5) is 23.3. The van der Waals surface area contributed by atoms with Crippen molar-refractivity contribution in [2.75, 3.05) is 5.32 Å². The Kier molecular flexibility index (Phi) is 4.22. The smallest absolute Gasteiger partial charge is 0.365 e. The van der Waals surface area contributed by atoms with Crippen molar-refractivity contribution in [1.29, 1.82) is 0 Å². The van der Waals surface area contributed by atoms with Crippen LogP contribution in [0.3, 0.4) is 0 Å². The summed E-state index contributed by atoms with van der Waals surface area (Å²) in [6.07, 6.45) is -2.99. The average molecular weight is 347 g/mol. The van der Waals surface area contributed by atoms with Gasteiger partial charge in [0.25, 0.3) is 5.91 Å². The summed E-state index contributed by atoms with van der Waals surface area (Å²) in [7, 11) is 0. The number of fused-ring (bicyclic) bond motifs is 1. The largest absolute Gasteiger partial charge is 0.416 e. The van der Waals surface area contributed by atoms with Crippen molar-refractivity contribution in [3.8, 4) is 0 Å². The molecule has 3 N–H and O–H groups in total. The van der Waals surface area contributed by atoms with E-state index in [0.717, 1.165) is 6.07 Å². The number of aromatic nitrogens is 3. The Labute approximate surface area is 139 Å². The van der Waals surface area contributed by atoms with Crippen molar-refractivity contribution in [3.05, 3.63) is 59.5 Å². The number of nitrogens with one attached hydrogen (secondary N) is 1. The number of nitrogens with two attached hydrogens (primary N) is 1. The number of carbonyl (C=O) groups is 1. The number of benzene rings is 1. The Morgan fingerprint density at radius 1 is 1.12 bits per heavy atom. The summed E-state index contributed by atoms with van der Waals surface area (Å²) in [5.41, 5.74) is 4.72. The van der Waals surface area contributed by atoms with Gasteiger partial charge in [0, 0.05) is 12.7 Å². The second-order valence-electron chi connectivity index (χ2n) is 5.14. The molecule has 9 heteroatoms. The normalized spacial score (nSPS) is 11.5. The number of alkyl halides is 3. The minimum Gasteiger partial charge on any atom is -0.365 e. The number of halogens is 3. The molecule has 0 aliphatic carbocycles. The minimum atomic E-state index is -4.47. The van der Waals surface area contributed by atoms with Crippen LogP contribution in [0, 0.1) is 0 Å². The fourth-order valence-electron chi connectivity index (χ4n) is 2.34. The van der Waals surface area contributed by atoms with Crippen LogP contribution < -0.4 is 11.1 Å². The van der Waals surface area contributed by atoms with Gasteiger partial charge in [-0.2, -0.15) is 13.2 Å². The average Bonchev–Trinajstić information content (AvgIpc) is 2.58. The van der Waals surface area contributed by atoms with Crippen LogP contribution in [0.15, 0.2) is 42.6 Å². The van der Waals surface area contributed by atoms with Gasteiger partial charge in [-0.1, -0.05) is 18.2 Å². The van der Waals surface area contributed by atoms with Gasteiger partial charge < -0.3 is 11.1 Å². The van der Waals surface area contributed by atoms with E-state index in [4.69, 9.17) is 5.73 Å². The number of carbonyl (C=O) groups excluding carboxylic acids is 1. The Morgan fingerprint density at radius 2 is 1.88 bits per heavy atom. The summed E-state index contributed by atoms with van der Waals surface area (Å²) in [5.74, 6) is -0.937. The first-order valence-electron chi connectivity index (χ1n) is 7.18. The molecule has 3 aromatic rings. The highest BCUT2D eigenvalue weighted by Gasteiger charge is 2.32. The predicted octanol–water partition coefficient (Wildman–Crippen LogP) is 2.75. The molecule has 6 nitrogen and oxygen atoms in total. The Morgan fingerprint density at radius 3 is 2.60 bits per heavy atom. The molecule has 3 rings (SSSR count). The zero-order valence-electron chi connectivity index (χ0n) is 12.7. The molecule has 0 aliphatic rings. The standard InChI is InChI=1S/C16H12F3N5O/c17-16(18,19)11-6-2-1-4-9(11)8-22-14-10-5-3-7-21-13(10)23-15(24-14)12(20)25/h1-7H,8H2,(H2,20,25)(H,21,22,23,24). The molecule has 0 aliphatic heterocycles. The van der Waals surface area contributed by atoms with E-state index in [1.54, 1.807) is 12.1 Å². The molecular weight excluding hydrogens is 335 g/mol. The van der Waals surface area contributed by atoms with E-state index >= 15 is 0 Å². The molecule has 1 amide bonds. The lowest BCUT2D eigenvalue weighted by Crippen LogP contribution is -2.17. The number of primary amides is 1. The third-order valence-corrected chi connectivity index (χ3v) is 3.46. The highest BCUT2D eigenvalue weighted by atomic mass is 19.4. The number of hydrogen-bond donors (Lipinski definition) is 2. The Hall–Kier alpha value is -3.23. The summed E-state index contributed by atoms with van der Waals surface area (Å²) < 4.78 is 39.2. The molecule has 25 heavy (non-hydrogen) atoms. The molecule has 0 bridgehead atoms. The van der Waals surface area contributed by atoms with Gasteiger partial charge in [-0.3, -0.25) is 4.79 Å². The molecule has 0 unspecified atom stereocenters. The fourth-order valence-corrected chi connectivity index (χ4v) is 2.34. The van der Waals surface area contributed by atoms with Crippen LogP contribution in [0.2, 0.25) is 0 Å². The molecule has 0 spiro atoms. The number of hydrogen-bond acceptors (Lipinski definition) is 5. The zero-order chi connectivity index (χ0) is 18.0. The molecule has 0 saturated carbocycles. The third kappa shape index (κ3) is 3.49. The lowest BCUT2D eigenvalue weighted by atomic mass is 10.1. The molecule has 1 aromatic carbocycles. The zero-order valence-corrected chi connectivity index (χ0v) is 12.7. The maximum Gasteiger partial charge on any atom is 0.416 e. The van der Waals surface area contributed by atoms with Crippen molar-refractivity contribution in [1.82, 2.24) is 15.0 Å². The van der Waals surface area contributed by atoms with Gasteiger partial charge in [0.2, 0.25) is 5.82 Å². The Bertz CT molecular complexity index is 942. The predicted molar refractivity (Wildman–Crippen MR) is 84.6 cm³/mol. The monoisotopic (exact) mass is 347 g/mol. The number of pyridine rings is 1. The van der Waals surface area contributed by atoms with Gasteiger partial charge in [0.05, 0.1) is 10.9 Å². The van der Waals surface area contributed by atoms with Crippen LogP contribution in [0.25, 0.3) is 11.0 Å². The molecule has 128 valence electrons. The first kappa shape index (κ1) is 16.6. The number of rotatable bonds is 4. The van der Waals surface area contributed by atoms with Gasteiger partial charge in [0.15, 0.2) is 5.65 Å². The maximum atomic E-state index is 13.1. The van der Waals surface area contributed by atoms with E-state index in [2.05, 4.69) is 20.3 Å². The van der Waals surface area contributed by atoms with E-state index in [9.17, 15) is 18.0 Å². The van der Waals surface area contributed by atoms with Crippen molar-refractivity contribution < 1.29 is 18.0 Å². The number of amides is 1. The van der Waals surface area contributed by atoms with Crippen molar-refractivity contribution in [2.45, 2.75) is 12.7 Å². The summed E-state index contributed by atoms with van der Waals surface area (Å²) in [6.45, 7) is -0.144. The van der Waals surface area contributed by atoms with Crippen molar-refractivity contribution >= 4 is 22.8 Å². The molecule has 0 fully saturated rings. The molecule has 0 saturated heterocycles. The van der Waals surface area contributed by atoms with Gasteiger partial charge in [-0.05, 0) is 23.8 Å². The van der Waals surface area contributed by atoms with E-state index in [-0.39, 0.29) is 29.4 Å². The van der Waals surface area contributed by atoms with E-state index in [0.29, 0.717) is 5.39 Å². The minimum absolute atomic E-state index is 0.0475. The molecular formula is C16H12F3N5O. The van der Waals surface area contributed by atoms with Crippen LogP contribution in [0.1, 0.15) is 21.7 Å². The van der Waals surface area contributed by atoms with Gasteiger partial charge in [0.1, 0.15) is 5.82 Å². The van der Waals surface area contributed by atoms with E-state index in [1.165, 1.54) is 24.4 Å². The Balaban J connectivity index is 1.98. The highest BCUT2D eigenvalue weighted by molar-refractivity contribution is 5.94. The summed E-state index contributed by atoms with van der Waals surface area (Å²) in [6, 6.07) is 8.48. The number of anilines is 1. The highest BCUT2D eigenvalue weighted by Crippen LogP contribution is 2.32. The van der Waals surface area contributed by atoms with Gasteiger partial charge >= 0.3 is 6.18 Å². The second-order valence-corrected chi connectivity index (χ2v) is 5.14. The van der Waals surface area contributed by atoms with E-state index in [1.807, 2.05) is 0 Å². The quantitative estimate of drug-likeness (QED) is 0.757. The summed E-state index contributed by atoms with van der Waals surface area (Å²) in [5, 5.41) is 3.28. The van der Waals surface area contributed by atoms with Crippen molar-refractivity contribution in [3.63, 3.8) is 0 Å². The maximum absolute atomic E-state index is 13.1. The fraction of sp³-hybridized carbons (Fsp3) is 0.125. The van der Waals surface area contributed by atoms with Crippen LogP contribution in [0.4, 0.5) is 19.0 Å². The van der Waals surface area contributed by atoms with E-state index < -0.39 is 17.6 Å². The SMILES string of the molecule is NC(=O)c1nc(NCc2ccccc2C(F)(F)F)c2cccnc2n1. The molecule has 2 aromatic heterocycles.